The number of carbonyl (C=O) groups is 1. The van der Waals surface area contributed by atoms with Crippen LogP contribution in [0.15, 0.2) is 24.3 Å². The minimum absolute atomic E-state index is 0.106. The first-order valence-electron chi connectivity index (χ1n) is 6.32. The third kappa shape index (κ3) is 2.72. The fraction of sp³-hybridized carbons (Fsp3) is 0.400. The lowest BCUT2D eigenvalue weighted by molar-refractivity contribution is -0.141. The van der Waals surface area contributed by atoms with Gasteiger partial charge < -0.3 is 14.0 Å². The third-order valence-electron chi connectivity index (χ3n) is 3.21. The van der Waals surface area contributed by atoms with Crippen molar-refractivity contribution in [3.63, 3.8) is 0 Å². The molecule has 1 unspecified atom stereocenters. The number of carbonyl (C=O) groups excluding carboxylic acids is 1. The predicted octanol–water partition coefficient (Wildman–Crippen LogP) is 3.08. The molecule has 1 atom stereocenters. The Balaban J connectivity index is 2.37. The Morgan fingerprint density at radius 1 is 1.37 bits per heavy atom. The molecule has 1 heterocycles. The zero-order valence-corrected chi connectivity index (χ0v) is 11.8. The standard InChI is InChI=1S/C15H19NO3/c1-10-7-13-8-14(18-4)5-6-15(13)16(10)11(2)9-19-12(3)17/h5-8,11H,9H2,1-4H3. The summed E-state index contributed by atoms with van der Waals surface area (Å²) in [6, 6.07) is 8.21. The quantitative estimate of drug-likeness (QED) is 0.794. The predicted molar refractivity (Wildman–Crippen MR) is 74.6 cm³/mol. The zero-order chi connectivity index (χ0) is 14.0. The normalized spacial score (nSPS) is 12.4. The summed E-state index contributed by atoms with van der Waals surface area (Å²) in [7, 11) is 1.66. The van der Waals surface area contributed by atoms with E-state index in [4.69, 9.17) is 9.47 Å². The van der Waals surface area contributed by atoms with Crippen molar-refractivity contribution in [2.24, 2.45) is 0 Å². The van der Waals surface area contributed by atoms with Crippen molar-refractivity contribution in [1.29, 1.82) is 0 Å². The van der Waals surface area contributed by atoms with E-state index in [1.54, 1.807) is 7.11 Å². The molecular formula is C15H19NO3. The van der Waals surface area contributed by atoms with Crippen molar-refractivity contribution in [2.75, 3.05) is 13.7 Å². The summed E-state index contributed by atoms with van der Waals surface area (Å²) in [4.78, 5) is 10.9. The molecule has 0 spiro atoms. The van der Waals surface area contributed by atoms with Gasteiger partial charge in [-0.25, -0.2) is 0 Å². The van der Waals surface area contributed by atoms with Crippen LogP contribution < -0.4 is 4.74 Å². The van der Waals surface area contributed by atoms with Crippen LogP contribution in [0.2, 0.25) is 0 Å². The van der Waals surface area contributed by atoms with E-state index in [1.807, 2.05) is 25.1 Å². The summed E-state index contributed by atoms with van der Waals surface area (Å²) in [5.41, 5.74) is 2.26. The molecular weight excluding hydrogens is 242 g/mol. The first-order chi connectivity index (χ1) is 9.02. The highest BCUT2D eigenvalue weighted by Gasteiger charge is 2.13. The lowest BCUT2D eigenvalue weighted by Crippen LogP contribution is -2.15. The van der Waals surface area contributed by atoms with Gasteiger partial charge in [0, 0.05) is 23.5 Å². The summed E-state index contributed by atoms with van der Waals surface area (Å²) < 4.78 is 12.5. The summed E-state index contributed by atoms with van der Waals surface area (Å²) in [6.45, 7) is 5.90. The maximum absolute atomic E-state index is 10.9. The lowest BCUT2D eigenvalue weighted by Gasteiger charge is -2.17. The number of ether oxygens (including phenoxy) is 2. The Hall–Kier alpha value is -1.97. The summed E-state index contributed by atoms with van der Waals surface area (Å²) >= 11 is 0. The van der Waals surface area contributed by atoms with Crippen molar-refractivity contribution in [3.8, 4) is 5.75 Å². The Kier molecular flexibility index (Phi) is 3.79. The molecule has 0 saturated heterocycles. The number of nitrogens with zero attached hydrogens (tertiary/aromatic N) is 1. The van der Waals surface area contributed by atoms with Crippen LogP contribution in [0, 0.1) is 6.92 Å². The molecule has 2 rings (SSSR count). The van der Waals surface area contributed by atoms with Crippen molar-refractivity contribution >= 4 is 16.9 Å². The van der Waals surface area contributed by atoms with Crippen LogP contribution in [0.4, 0.5) is 0 Å². The number of aromatic nitrogens is 1. The number of methoxy groups -OCH3 is 1. The second-order valence-corrected chi connectivity index (χ2v) is 4.73. The topological polar surface area (TPSA) is 40.5 Å². The summed E-state index contributed by atoms with van der Waals surface area (Å²) in [5.74, 6) is 0.597. The van der Waals surface area contributed by atoms with Crippen LogP contribution in [-0.4, -0.2) is 24.3 Å². The van der Waals surface area contributed by atoms with Crippen molar-refractivity contribution < 1.29 is 14.3 Å². The Bertz CT molecular complexity index is 601. The lowest BCUT2D eigenvalue weighted by atomic mass is 10.2. The molecule has 0 bridgehead atoms. The van der Waals surface area contributed by atoms with Crippen LogP contribution in [0.5, 0.6) is 5.75 Å². The van der Waals surface area contributed by atoms with Gasteiger partial charge in [-0.05, 0) is 38.1 Å². The number of benzene rings is 1. The van der Waals surface area contributed by atoms with Gasteiger partial charge in [0.15, 0.2) is 0 Å². The number of fused-ring (bicyclic) bond motifs is 1. The van der Waals surface area contributed by atoms with E-state index in [9.17, 15) is 4.79 Å². The van der Waals surface area contributed by atoms with Crippen LogP contribution in [0.25, 0.3) is 10.9 Å². The molecule has 0 radical (unpaired) electrons. The van der Waals surface area contributed by atoms with Crippen molar-refractivity contribution in [3.05, 3.63) is 30.0 Å². The molecule has 102 valence electrons. The molecule has 0 N–H and O–H groups in total. The SMILES string of the molecule is COc1ccc2c(c1)cc(C)n2C(C)COC(C)=O. The molecule has 0 aliphatic heterocycles. The van der Waals surface area contributed by atoms with Crippen LogP contribution >= 0.6 is 0 Å². The minimum Gasteiger partial charge on any atom is -0.497 e. The number of rotatable bonds is 4. The molecule has 0 saturated carbocycles. The van der Waals surface area contributed by atoms with E-state index in [2.05, 4.69) is 17.6 Å². The van der Waals surface area contributed by atoms with E-state index in [0.29, 0.717) is 6.61 Å². The molecule has 1 aromatic heterocycles. The Morgan fingerprint density at radius 2 is 2.11 bits per heavy atom. The van der Waals surface area contributed by atoms with Gasteiger partial charge in [-0.2, -0.15) is 0 Å². The maximum Gasteiger partial charge on any atom is 0.302 e. The van der Waals surface area contributed by atoms with E-state index < -0.39 is 0 Å². The second kappa shape index (κ2) is 5.34. The first kappa shape index (κ1) is 13.5. The van der Waals surface area contributed by atoms with Gasteiger partial charge in [-0.15, -0.1) is 0 Å². The van der Waals surface area contributed by atoms with Gasteiger partial charge in [0.2, 0.25) is 0 Å². The van der Waals surface area contributed by atoms with Crippen molar-refractivity contribution in [2.45, 2.75) is 26.8 Å². The number of hydrogen-bond donors (Lipinski definition) is 0. The van der Waals surface area contributed by atoms with Gasteiger partial charge in [0.05, 0.1) is 13.2 Å². The van der Waals surface area contributed by atoms with E-state index in [-0.39, 0.29) is 12.0 Å². The highest BCUT2D eigenvalue weighted by Crippen LogP contribution is 2.27. The van der Waals surface area contributed by atoms with Gasteiger partial charge in [0.1, 0.15) is 12.4 Å². The first-order valence-corrected chi connectivity index (χ1v) is 6.32. The average molecular weight is 261 g/mol. The summed E-state index contributed by atoms with van der Waals surface area (Å²) in [5, 5.41) is 1.13. The summed E-state index contributed by atoms with van der Waals surface area (Å²) in [6.07, 6.45) is 0. The fourth-order valence-corrected chi connectivity index (χ4v) is 2.38. The Labute approximate surface area is 112 Å². The second-order valence-electron chi connectivity index (χ2n) is 4.73. The molecule has 4 heteroatoms. The highest BCUT2D eigenvalue weighted by molar-refractivity contribution is 5.83. The van der Waals surface area contributed by atoms with Gasteiger partial charge >= 0.3 is 5.97 Å². The molecule has 1 aromatic carbocycles. The van der Waals surface area contributed by atoms with Gasteiger partial charge in [0.25, 0.3) is 0 Å². The van der Waals surface area contributed by atoms with E-state index in [1.165, 1.54) is 6.92 Å². The molecule has 0 aliphatic carbocycles. The van der Waals surface area contributed by atoms with Gasteiger partial charge in [-0.1, -0.05) is 0 Å². The van der Waals surface area contributed by atoms with E-state index in [0.717, 1.165) is 22.3 Å². The van der Waals surface area contributed by atoms with Gasteiger partial charge in [-0.3, -0.25) is 4.79 Å². The third-order valence-corrected chi connectivity index (χ3v) is 3.21. The van der Waals surface area contributed by atoms with Crippen LogP contribution in [0.1, 0.15) is 25.6 Å². The van der Waals surface area contributed by atoms with Crippen LogP contribution in [0.3, 0.4) is 0 Å². The average Bonchev–Trinajstić information content (AvgIpc) is 2.70. The highest BCUT2D eigenvalue weighted by atomic mass is 16.5. The van der Waals surface area contributed by atoms with Crippen LogP contribution in [-0.2, 0) is 9.53 Å². The molecule has 2 aromatic rings. The smallest absolute Gasteiger partial charge is 0.302 e. The number of hydrogen-bond acceptors (Lipinski definition) is 3. The largest absolute Gasteiger partial charge is 0.497 e. The molecule has 0 fully saturated rings. The van der Waals surface area contributed by atoms with Crippen molar-refractivity contribution in [1.82, 2.24) is 4.57 Å². The van der Waals surface area contributed by atoms with E-state index >= 15 is 0 Å². The molecule has 0 amide bonds. The molecule has 4 nitrogen and oxygen atoms in total. The zero-order valence-electron chi connectivity index (χ0n) is 11.8. The molecule has 0 aliphatic rings. The monoisotopic (exact) mass is 261 g/mol. The maximum atomic E-state index is 10.9. The number of esters is 1. The molecule has 19 heavy (non-hydrogen) atoms. The minimum atomic E-state index is -0.248. The fourth-order valence-electron chi connectivity index (χ4n) is 2.38. The Morgan fingerprint density at radius 3 is 2.74 bits per heavy atom. The number of aryl methyl sites for hydroxylation is 1.